The average molecular weight is 1410 g/mol. The second-order valence-corrected chi connectivity index (χ2v) is 21.4. The first-order valence-electron chi connectivity index (χ1n) is 32.8. The van der Waals surface area contributed by atoms with Gasteiger partial charge in [-0.2, -0.15) is 0 Å². The van der Waals surface area contributed by atoms with Crippen LogP contribution in [0.1, 0.15) is 85.9 Å². The van der Waals surface area contributed by atoms with Crippen molar-refractivity contribution in [3.8, 4) is 47.0 Å². The number of aliphatic imine (C=N–C) groups is 2. The number of hydrogen-bond donors (Lipinski definition) is 0. The van der Waals surface area contributed by atoms with Crippen LogP contribution in [0.25, 0.3) is 0 Å². The first-order valence-corrected chi connectivity index (χ1v) is 32.8. The fourth-order valence-corrected chi connectivity index (χ4v) is 8.64. The van der Waals surface area contributed by atoms with E-state index in [9.17, 15) is 19.2 Å². The summed E-state index contributed by atoms with van der Waals surface area (Å²) in [5, 5.41) is 0. The highest BCUT2D eigenvalue weighted by Crippen LogP contribution is 2.22. The lowest BCUT2D eigenvalue weighted by Crippen LogP contribution is -2.14. The molecule has 0 amide bonds. The van der Waals surface area contributed by atoms with Crippen molar-refractivity contribution >= 4 is 47.7 Å². The van der Waals surface area contributed by atoms with E-state index in [1.165, 1.54) is 0 Å². The van der Waals surface area contributed by atoms with E-state index in [4.69, 9.17) is 85.3 Å². The molecule has 24 nitrogen and oxygen atoms in total. The van der Waals surface area contributed by atoms with Gasteiger partial charge < -0.3 is 85.3 Å². The predicted molar refractivity (Wildman–Crippen MR) is 379 cm³/mol. The van der Waals surface area contributed by atoms with E-state index >= 15 is 0 Å². The number of methoxy groups -OCH3 is 6. The smallest absolute Gasteiger partial charge is 0.338 e. The topological polar surface area (TPSA) is 259 Å². The van der Waals surface area contributed by atoms with E-state index in [1.807, 2.05) is 0 Å². The zero-order valence-corrected chi connectivity index (χ0v) is 58.5. The summed E-state index contributed by atoms with van der Waals surface area (Å²) in [6, 6.07) is 33.8. The van der Waals surface area contributed by atoms with Gasteiger partial charge in [0, 0.05) is 74.2 Å². The van der Waals surface area contributed by atoms with Crippen LogP contribution >= 0.6 is 0 Å². The van der Waals surface area contributed by atoms with E-state index in [-0.39, 0.29) is 88.3 Å². The number of hydrogen-bond acceptors (Lipinski definition) is 24. The normalized spacial score (nSPS) is 10.9. The van der Waals surface area contributed by atoms with Crippen LogP contribution in [0.15, 0.2) is 131 Å². The number of esters is 4. The average Bonchev–Trinajstić information content (AvgIpc) is 0.841. The minimum atomic E-state index is -0.687. The van der Waals surface area contributed by atoms with Crippen molar-refractivity contribution in [3.05, 3.63) is 188 Å². The van der Waals surface area contributed by atoms with Crippen LogP contribution in [0.4, 0.5) is 11.4 Å². The van der Waals surface area contributed by atoms with E-state index < -0.39 is 23.9 Å². The number of carbonyl (C=O) groups excluding carboxylic acids is 4. The van der Waals surface area contributed by atoms with Gasteiger partial charge in [-0.05, 0) is 132 Å². The molecule has 0 bridgehead atoms. The number of carbonyl (C=O) groups is 4. The molecule has 6 aromatic rings. The van der Waals surface area contributed by atoms with Crippen molar-refractivity contribution in [2.75, 3.05) is 201 Å². The lowest BCUT2D eigenvalue weighted by molar-refractivity contribution is 0.00552. The van der Waals surface area contributed by atoms with Crippen LogP contribution in [0.3, 0.4) is 0 Å². The molecule has 24 heteroatoms. The molecule has 0 aliphatic rings. The molecule has 0 heterocycles. The third-order valence-corrected chi connectivity index (χ3v) is 13.7. The minimum Gasteiger partial charge on any atom is -0.497 e. The SMILES string of the molecule is COCCOCCOCCOC(=O)c1cc(C#Cc2cc(C#Cc3cc(C=Nc4ccc(OC)cc4)cc(C(=O)OCCOCCOCCOC)c3)cc(C(=O)OCCOCCOCCOC)c2)cc(C#Cc2cc(C=Nc3ccc(OC)cc3)cc(C(=O)OCCOCCOCCOC)c2)c1. The Hall–Kier alpha value is -9.66. The molecular weight excluding hydrogens is 1320 g/mol. The molecule has 0 saturated carbocycles. The zero-order valence-electron chi connectivity index (χ0n) is 58.5. The molecular formula is C78H88N2O22. The van der Waals surface area contributed by atoms with Gasteiger partial charge in [0.05, 0.1) is 180 Å². The standard InChI is InChI=1S/C78H88N2O22/c1-85-21-25-91-29-33-95-37-41-99-75(81)67-49-59(45-61(51-67)9-11-63-47-65(57-79-71-13-17-73(89-5)18-14-71)55-69(53-63)77(83)101-43-39-97-35-31-93-27-23-87-3)7-8-60-46-62(52-68(50-60)76(82)100-42-38-96-34-30-92-26-22-86-2)10-12-64-48-66(58-80-72-15-19-74(90-6)20-16-72)56-70(54-64)78(84)102-44-40-98-36-32-94-28-24-88-4/h13-20,45-58H,21-44H2,1-6H3. The van der Waals surface area contributed by atoms with Gasteiger partial charge in [0.1, 0.15) is 37.9 Å². The molecule has 0 aromatic heterocycles. The van der Waals surface area contributed by atoms with Crippen molar-refractivity contribution in [1.29, 1.82) is 0 Å². The predicted octanol–water partition coefficient (Wildman–Crippen LogP) is 8.75. The van der Waals surface area contributed by atoms with Gasteiger partial charge in [0.15, 0.2) is 0 Å². The van der Waals surface area contributed by atoms with Gasteiger partial charge in [-0.3, -0.25) is 9.98 Å². The molecule has 542 valence electrons. The molecule has 0 atom stereocenters. The quantitative estimate of drug-likeness (QED) is 0.0114. The Morgan fingerprint density at radius 1 is 0.275 bits per heavy atom. The summed E-state index contributed by atoms with van der Waals surface area (Å²) in [4.78, 5) is 64.4. The minimum absolute atomic E-state index is 0.0279. The number of rotatable bonds is 46. The Labute approximate surface area is 596 Å². The second-order valence-electron chi connectivity index (χ2n) is 21.4. The van der Waals surface area contributed by atoms with Gasteiger partial charge in [-0.25, -0.2) is 19.2 Å². The fourth-order valence-electron chi connectivity index (χ4n) is 8.64. The van der Waals surface area contributed by atoms with Crippen LogP contribution in [0.5, 0.6) is 11.5 Å². The van der Waals surface area contributed by atoms with Crippen LogP contribution in [0, 0.1) is 35.5 Å². The van der Waals surface area contributed by atoms with Crippen molar-refractivity contribution in [2.24, 2.45) is 9.98 Å². The molecule has 0 radical (unpaired) electrons. The molecule has 0 fully saturated rings. The van der Waals surface area contributed by atoms with Crippen molar-refractivity contribution in [2.45, 2.75) is 0 Å². The van der Waals surface area contributed by atoms with Crippen LogP contribution < -0.4 is 9.47 Å². The summed E-state index contributed by atoms with van der Waals surface area (Å²) in [6.07, 6.45) is 3.20. The highest BCUT2D eigenvalue weighted by Gasteiger charge is 2.15. The van der Waals surface area contributed by atoms with Crippen molar-refractivity contribution in [1.82, 2.24) is 0 Å². The Bertz CT molecular complexity index is 3540. The van der Waals surface area contributed by atoms with E-state index in [2.05, 4.69) is 45.5 Å². The van der Waals surface area contributed by atoms with Gasteiger partial charge in [-0.15, -0.1) is 0 Å². The molecule has 6 rings (SSSR count). The zero-order chi connectivity index (χ0) is 72.5. The summed E-state index contributed by atoms with van der Waals surface area (Å²) < 4.78 is 97.5. The number of ether oxygens (including phenoxy) is 18. The summed E-state index contributed by atoms with van der Waals surface area (Å²) in [6.45, 7) is 6.19. The van der Waals surface area contributed by atoms with Crippen LogP contribution in [0.2, 0.25) is 0 Å². The summed E-state index contributed by atoms with van der Waals surface area (Å²) in [5.41, 5.74) is 5.13. The monoisotopic (exact) mass is 1400 g/mol. The highest BCUT2D eigenvalue weighted by atomic mass is 16.6. The molecule has 0 aliphatic heterocycles. The molecule has 6 aromatic carbocycles. The van der Waals surface area contributed by atoms with Crippen molar-refractivity contribution < 1.29 is 104 Å². The first-order chi connectivity index (χ1) is 50.0. The lowest BCUT2D eigenvalue weighted by Gasteiger charge is -2.08. The maximum absolute atomic E-state index is 13.9. The van der Waals surface area contributed by atoms with E-state index in [0.29, 0.717) is 160 Å². The molecule has 0 aliphatic carbocycles. The Morgan fingerprint density at radius 3 is 0.725 bits per heavy atom. The Kier molecular flexibility index (Phi) is 39.7. The van der Waals surface area contributed by atoms with Crippen LogP contribution in [-0.2, 0) is 75.8 Å². The summed E-state index contributed by atoms with van der Waals surface area (Å²) >= 11 is 0. The van der Waals surface area contributed by atoms with Crippen LogP contribution in [-0.4, -0.2) is 238 Å². The fraction of sp³-hybridized carbons (Fsp3) is 0.385. The lowest BCUT2D eigenvalue weighted by atomic mass is 10.0. The first kappa shape index (κ1) is 81.3. The van der Waals surface area contributed by atoms with E-state index in [1.54, 1.807) is 176 Å². The molecule has 0 N–H and O–H groups in total. The Morgan fingerprint density at radius 2 is 0.490 bits per heavy atom. The number of benzene rings is 6. The largest absolute Gasteiger partial charge is 0.497 e. The third kappa shape index (κ3) is 33.2. The van der Waals surface area contributed by atoms with Gasteiger partial charge >= 0.3 is 23.9 Å². The Balaban J connectivity index is 1.36. The maximum atomic E-state index is 13.9. The van der Waals surface area contributed by atoms with Gasteiger partial charge in [-0.1, -0.05) is 35.5 Å². The maximum Gasteiger partial charge on any atom is 0.338 e. The molecule has 0 spiro atoms. The van der Waals surface area contributed by atoms with E-state index in [0.717, 1.165) is 0 Å². The van der Waals surface area contributed by atoms with Gasteiger partial charge in [0.2, 0.25) is 0 Å². The second kappa shape index (κ2) is 49.8. The highest BCUT2D eigenvalue weighted by molar-refractivity contribution is 5.95. The number of nitrogens with zero attached hydrogens (tertiary/aromatic N) is 2. The van der Waals surface area contributed by atoms with Gasteiger partial charge in [0.25, 0.3) is 0 Å². The summed E-state index contributed by atoms with van der Waals surface area (Å²) in [7, 11) is 9.50. The third-order valence-electron chi connectivity index (χ3n) is 13.7. The van der Waals surface area contributed by atoms with Crippen molar-refractivity contribution in [3.63, 3.8) is 0 Å². The molecule has 0 saturated heterocycles. The molecule has 0 unspecified atom stereocenters. The molecule has 102 heavy (non-hydrogen) atoms. The summed E-state index contributed by atoms with van der Waals surface area (Å²) in [5.74, 6) is 17.6.